The molecule has 1 aromatic carbocycles. The minimum atomic E-state index is -0.285. The van der Waals surface area contributed by atoms with Gasteiger partial charge in [0.15, 0.2) is 0 Å². The number of phenolic OH excluding ortho intramolecular Hbond substituents is 1. The lowest BCUT2D eigenvalue weighted by Gasteiger charge is -2.30. The Hall–Kier alpha value is -1.10. The van der Waals surface area contributed by atoms with Crippen molar-refractivity contribution in [2.24, 2.45) is 0 Å². The lowest BCUT2D eigenvalue weighted by molar-refractivity contribution is -0.00266. The molecular weight excluding hydrogens is 278 g/mol. The summed E-state index contributed by atoms with van der Waals surface area (Å²) < 4.78 is 6.02. The molecule has 1 aliphatic carbocycles. The molecule has 0 aromatic heterocycles. The molecule has 0 spiro atoms. The van der Waals surface area contributed by atoms with Crippen molar-refractivity contribution in [2.45, 2.75) is 69.2 Å². The third kappa shape index (κ3) is 3.62. The highest BCUT2D eigenvalue weighted by molar-refractivity contribution is 5.35. The highest BCUT2D eigenvalue weighted by Gasteiger charge is 2.31. The molecular formula is C18H27NO3. The predicted octanol–water partition coefficient (Wildman–Crippen LogP) is 2.55. The number of aliphatic hydroxyl groups excluding tert-OH is 1. The Bertz CT molecular complexity index is 485. The van der Waals surface area contributed by atoms with Crippen LogP contribution in [0.15, 0.2) is 24.3 Å². The Morgan fingerprint density at radius 3 is 2.55 bits per heavy atom. The van der Waals surface area contributed by atoms with Crippen LogP contribution in [0.25, 0.3) is 0 Å². The average molecular weight is 305 g/mol. The van der Waals surface area contributed by atoms with Gasteiger partial charge in [-0.15, -0.1) is 0 Å². The van der Waals surface area contributed by atoms with Gasteiger partial charge in [-0.1, -0.05) is 18.2 Å². The van der Waals surface area contributed by atoms with Gasteiger partial charge in [0.05, 0.1) is 24.9 Å². The van der Waals surface area contributed by atoms with Gasteiger partial charge in [-0.3, -0.25) is 0 Å². The molecule has 1 heterocycles. The van der Waals surface area contributed by atoms with Gasteiger partial charge in [0.25, 0.3) is 0 Å². The number of aromatic hydroxyl groups is 1. The molecule has 2 fully saturated rings. The van der Waals surface area contributed by atoms with Crippen LogP contribution < -0.4 is 5.32 Å². The normalized spacial score (nSPS) is 35.6. The van der Waals surface area contributed by atoms with Gasteiger partial charge in [-0.05, 0) is 56.6 Å². The van der Waals surface area contributed by atoms with Crippen LogP contribution in [0.4, 0.5) is 0 Å². The molecule has 4 nitrogen and oxygen atoms in total. The summed E-state index contributed by atoms with van der Waals surface area (Å²) in [6.07, 6.45) is 4.97. The number of aliphatic hydroxyl groups is 1. The summed E-state index contributed by atoms with van der Waals surface area (Å²) in [5.41, 5.74) is 1.07. The molecule has 3 rings (SSSR count). The first-order valence-corrected chi connectivity index (χ1v) is 8.47. The summed E-state index contributed by atoms with van der Waals surface area (Å²) in [4.78, 5) is 0. The fourth-order valence-corrected chi connectivity index (χ4v) is 3.84. The van der Waals surface area contributed by atoms with E-state index in [4.69, 9.17) is 4.74 Å². The van der Waals surface area contributed by atoms with Gasteiger partial charge in [0.1, 0.15) is 5.75 Å². The SMILES string of the molecule is CC1C[C@@H](O)[C@H](COC2CCC(c3ccccc3O)CC2)N1. The summed E-state index contributed by atoms with van der Waals surface area (Å²) in [6.45, 7) is 2.69. The third-order valence-electron chi connectivity index (χ3n) is 5.12. The van der Waals surface area contributed by atoms with Crippen LogP contribution in [0.5, 0.6) is 5.75 Å². The van der Waals surface area contributed by atoms with E-state index in [0.717, 1.165) is 37.7 Å². The van der Waals surface area contributed by atoms with Crippen LogP contribution in [0.3, 0.4) is 0 Å². The van der Waals surface area contributed by atoms with E-state index in [2.05, 4.69) is 12.2 Å². The van der Waals surface area contributed by atoms with E-state index in [-0.39, 0.29) is 18.2 Å². The molecule has 0 amide bonds. The fraction of sp³-hybridized carbons (Fsp3) is 0.667. The maximum Gasteiger partial charge on any atom is 0.119 e. The van der Waals surface area contributed by atoms with Gasteiger partial charge >= 0.3 is 0 Å². The van der Waals surface area contributed by atoms with E-state index < -0.39 is 0 Å². The van der Waals surface area contributed by atoms with E-state index in [1.165, 1.54) is 0 Å². The zero-order chi connectivity index (χ0) is 15.5. The van der Waals surface area contributed by atoms with Crippen LogP contribution in [0, 0.1) is 0 Å². The molecule has 0 radical (unpaired) electrons. The predicted molar refractivity (Wildman–Crippen MR) is 86.1 cm³/mol. The van der Waals surface area contributed by atoms with E-state index >= 15 is 0 Å². The summed E-state index contributed by atoms with van der Waals surface area (Å²) in [6, 6.07) is 8.11. The topological polar surface area (TPSA) is 61.7 Å². The first kappa shape index (κ1) is 15.8. The molecule has 22 heavy (non-hydrogen) atoms. The van der Waals surface area contributed by atoms with Crippen molar-refractivity contribution in [1.29, 1.82) is 0 Å². The second-order valence-corrected chi connectivity index (χ2v) is 6.84. The van der Waals surface area contributed by atoms with Gasteiger partial charge in [-0.25, -0.2) is 0 Å². The number of para-hydroxylation sites is 1. The van der Waals surface area contributed by atoms with Crippen LogP contribution in [0.1, 0.15) is 50.5 Å². The summed E-state index contributed by atoms with van der Waals surface area (Å²) in [5.74, 6) is 0.857. The largest absolute Gasteiger partial charge is 0.508 e. The molecule has 0 bridgehead atoms. The van der Waals surface area contributed by atoms with Gasteiger partial charge < -0.3 is 20.3 Å². The number of phenols is 1. The Morgan fingerprint density at radius 1 is 1.18 bits per heavy atom. The van der Waals surface area contributed by atoms with Crippen LogP contribution >= 0.6 is 0 Å². The Labute approximate surface area is 132 Å². The third-order valence-corrected chi connectivity index (χ3v) is 5.12. The van der Waals surface area contributed by atoms with Gasteiger partial charge in [0, 0.05) is 6.04 Å². The van der Waals surface area contributed by atoms with Crippen molar-refractivity contribution in [3.05, 3.63) is 29.8 Å². The first-order chi connectivity index (χ1) is 10.6. The first-order valence-electron chi connectivity index (χ1n) is 8.47. The van der Waals surface area contributed by atoms with Gasteiger partial charge in [0.2, 0.25) is 0 Å². The standard InChI is InChI=1S/C18H27NO3/c1-12-10-18(21)16(19-12)11-22-14-8-6-13(7-9-14)15-4-2-3-5-17(15)20/h2-5,12-14,16,18-21H,6-11H2,1H3/t12?,13?,14?,16-,18+/m0/s1. The van der Waals surface area contributed by atoms with Crippen molar-refractivity contribution in [3.8, 4) is 5.75 Å². The number of ether oxygens (including phenoxy) is 1. The van der Waals surface area contributed by atoms with Gasteiger partial charge in [-0.2, -0.15) is 0 Å². The minimum Gasteiger partial charge on any atom is -0.508 e. The van der Waals surface area contributed by atoms with Crippen LogP contribution in [-0.4, -0.2) is 41.1 Å². The fourth-order valence-electron chi connectivity index (χ4n) is 3.84. The Morgan fingerprint density at radius 2 is 1.91 bits per heavy atom. The van der Waals surface area contributed by atoms with E-state index in [0.29, 0.717) is 24.3 Å². The van der Waals surface area contributed by atoms with Crippen molar-refractivity contribution >= 4 is 0 Å². The average Bonchev–Trinajstić information content (AvgIpc) is 2.84. The molecule has 122 valence electrons. The highest BCUT2D eigenvalue weighted by atomic mass is 16.5. The molecule has 1 saturated heterocycles. The summed E-state index contributed by atoms with van der Waals surface area (Å²) >= 11 is 0. The second kappa shape index (κ2) is 6.99. The highest BCUT2D eigenvalue weighted by Crippen LogP contribution is 2.37. The Balaban J connectivity index is 1.45. The zero-order valence-corrected chi connectivity index (χ0v) is 13.2. The van der Waals surface area contributed by atoms with Crippen molar-refractivity contribution in [3.63, 3.8) is 0 Å². The number of nitrogens with one attached hydrogen (secondary N) is 1. The van der Waals surface area contributed by atoms with Crippen LogP contribution in [-0.2, 0) is 4.74 Å². The monoisotopic (exact) mass is 305 g/mol. The smallest absolute Gasteiger partial charge is 0.119 e. The number of hydrogen-bond donors (Lipinski definition) is 3. The minimum absolute atomic E-state index is 0.0749. The number of rotatable bonds is 4. The summed E-state index contributed by atoms with van der Waals surface area (Å²) in [5, 5.41) is 23.3. The number of hydrogen-bond acceptors (Lipinski definition) is 4. The quantitative estimate of drug-likeness (QED) is 0.800. The molecule has 1 aliphatic heterocycles. The van der Waals surface area contributed by atoms with Crippen molar-refractivity contribution in [2.75, 3.05) is 6.61 Å². The molecule has 1 unspecified atom stereocenters. The van der Waals surface area contributed by atoms with E-state index in [9.17, 15) is 10.2 Å². The maximum atomic E-state index is 9.96. The molecule has 4 heteroatoms. The second-order valence-electron chi connectivity index (χ2n) is 6.84. The van der Waals surface area contributed by atoms with E-state index in [1.54, 1.807) is 6.07 Å². The molecule has 3 N–H and O–H groups in total. The maximum absolute atomic E-state index is 9.96. The lowest BCUT2D eigenvalue weighted by Crippen LogP contribution is -2.38. The van der Waals surface area contributed by atoms with Crippen molar-refractivity contribution in [1.82, 2.24) is 5.32 Å². The molecule has 2 aliphatic rings. The number of benzene rings is 1. The Kier molecular flexibility index (Phi) is 5.01. The van der Waals surface area contributed by atoms with E-state index in [1.807, 2.05) is 18.2 Å². The van der Waals surface area contributed by atoms with Crippen LogP contribution in [0.2, 0.25) is 0 Å². The molecule has 1 saturated carbocycles. The lowest BCUT2D eigenvalue weighted by atomic mass is 9.82. The van der Waals surface area contributed by atoms with Crippen molar-refractivity contribution < 1.29 is 14.9 Å². The molecule has 3 atom stereocenters. The molecule has 1 aromatic rings. The zero-order valence-electron chi connectivity index (χ0n) is 13.2. The summed E-state index contributed by atoms with van der Waals surface area (Å²) in [7, 11) is 0.